The maximum Gasteiger partial charge on any atom is 0.240 e. The highest BCUT2D eigenvalue weighted by atomic mass is 32.2. The smallest absolute Gasteiger partial charge is 0.240 e. The number of halogens is 1. The van der Waals surface area contributed by atoms with Crippen molar-refractivity contribution in [2.75, 3.05) is 13.7 Å². The fourth-order valence-electron chi connectivity index (χ4n) is 2.27. The van der Waals surface area contributed by atoms with E-state index < -0.39 is 21.4 Å². The summed E-state index contributed by atoms with van der Waals surface area (Å²) in [5.74, 6) is -0.438. The number of hydrogen-bond acceptors (Lipinski definition) is 3. The van der Waals surface area contributed by atoms with Crippen LogP contribution in [0.25, 0.3) is 0 Å². The van der Waals surface area contributed by atoms with Gasteiger partial charge in [-0.1, -0.05) is 30.3 Å². The number of methoxy groups -OCH3 is 1. The third-order valence-electron chi connectivity index (χ3n) is 3.79. The molecule has 0 saturated heterocycles. The first-order valence-electron chi connectivity index (χ1n) is 7.15. The molecule has 1 unspecified atom stereocenters. The summed E-state index contributed by atoms with van der Waals surface area (Å²) >= 11 is 0. The van der Waals surface area contributed by atoms with Gasteiger partial charge in [-0.05, 0) is 37.6 Å². The Morgan fingerprint density at radius 2 is 1.87 bits per heavy atom. The lowest BCUT2D eigenvalue weighted by Gasteiger charge is -2.29. The Bertz CT molecular complexity index is 792. The first-order valence-corrected chi connectivity index (χ1v) is 8.63. The Labute approximate surface area is 136 Å². The summed E-state index contributed by atoms with van der Waals surface area (Å²) in [7, 11) is -2.28. The second-order valence-electron chi connectivity index (χ2n) is 5.56. The Morgan fingerprint density at radius 1 is 1.17 bits per heavy atom. The van der Waals surface area contributed by atoms with E-state index in [1.54, 1.807) is 37.3 Å². The van der Waals surface area contributed by atoms with E-state index in [1.165, 1.54) is 19.2 Å². The van der Waals surface area contributed by atoms with Crippen LogP contribution in [0, 0.1) is 12.7 Å². The lowest BCUT2D eigenvalue weighted by atomic mass is 9.95. The van der Waals surface area contributed by atoms with Crippen LogP contribution < -0.4 is 4.72 Å². The predicted molar refractivity (Wildman–Crippen MR) is 87.1 cm³/mol. The molecule has 0 bridgehead atoms. The van der Waals surface area contributed by atoms with E-state index >= 15 is 0 Å². The molecule has 0 saturated carbocycles. The van der Waals surface area contributed by atoms with Crippen LogP contribution in [0.5, 0.6) is 0 Å². The van der Waals surface area contributed by atoms with Gasteiger partial charge >= 0.3 is 0 Å². The molecule has 0 spiro atoms. The van der Waals surface area contributed by atoms with Crippen LogP contribution in [-0.2, 0) is 20.4 Å². The quantitative estimate of drug-likeness (QED) is 0.882. The summed E-state index contributed by atoms with van der Waals surface area (Å²) in [5.41, 5.74) is 0.0355. The molecule has 0 amide bonds. The van der Waals surface area contributed by atoms with E-state index in [1.807, 2.05) is 13.0 Å². The largest absolute Gasteiger partial charge is 0.372 e. The molecule has 0 heterocycles. The third-order valence-corrected chi connectivity index (χ3v) is 5.19. The monoisotopic (exact) mass is 337 g/mol. The van der Waals surface area contributed by atoms with Crippen LogP contribution in [0.4, 0.5) is 4.39 Å². The zero-order valence-electron chi connectivity index (χ0n) is 13.3. The molecule has 6 heteroatoms. The summed E-state index contributed by atoms with van der Waals surface area (Å²) in [6.45, 7) is 3.38. The van der Waals surface area contributed by atoms with Gasteiger partial charge in [-0.25, -0.2) is 17.5 Å². The van der Waals surface area contributed by atoms with Crippen LogP contribution in [0.3, 0.4) is 0 Å². The van der Waals surface area contributed by atoms with Gasteiger partial charge in [0.25, 0.3) is 0 Å². The van der Waals surface area contributed by atoms with Crippen LogP contribution in [0.2, 0.25) is 0 Å². The third kappa shape index (κ3) is 3.96. The van der Waals surface area contributed by atoms with Crippen molar-refractivity contribution in [1.29, 1.82) is 0 Å². The summed E-state index contributed by atoms with van der Waals surface area (Å²) < 4.78 is 46.7. The van der Waals surface area contributed by atoms with Crippen molar-refractivity contribution < 1.29 is 17.5 Å². The highest BCUT2D eigenvalue weighted by Crippen LogP contribution is 2.27. The van der Waals surface area contributed by atoms with E-state index in [2.05, 4.69) is 4.72 Å². The van der Waals surface area contributed by atoms with Crippen LogP contribution in [-0.4, -0.2) is 22.1 Å². The molecule has 0 aliphatic rings. The minimum absolute atomic E-state index is 0.0826. The van der Waals surface area contributed by atoms with Crippen LogP contribution >= 0.6 is 0 Å². The van der Waals surface area contributed by atoms with Gasteiger partial charge in [-0.15, -0.1) is 0 Å². The second kappa shape index (κ2) is 6.78. The molecule has 23 heavy (non-hydrogen) atoms. The topological polar surface area (TPSA) is 55.4 Å². The van der Waals surface area contributed by atoms with Crippen molar-refractivity contribution >= 4 is 10.0 Å². The van der Waals surface area contributed by atoms with Crippen LogP contribution in [0.15, 0.2) is 53.4 Å². The lowest BCUT2D eigenvalue weighted by molar-refractivity contribution is 0.00410. The minimum Gasteiger partial charge on any atom is -0.372 e. The molecule has 4 nitrogen and oxygen atoms in total. The highest BCUT2D eigenvalue weighted by molar-refractivity contribution is 7.89. The minimum atomic E-state index is -3.70. The molecule has 0 aliphatic heterocycles. The summed E-state index contributed by atoms with van der Waals surface area (Å²) in [6, 6.07) is 12.8. The van der Waals surface area contributed by atoms with Gasteiger partial charge in [0.2, 0.25) is 10.0 Å². The number of aryl methyl sites for hydroxylation is 1. The molecule has 2 rings (SSSR count). The van der Waals surface area contributed by atoms with E-state index in [0.29, 0.717) is 5.56 Å². The zero-order valence-corrected chi connectivity index (χ0v) is 14.2. The maximum atomic E-state index is 14.0. The van der Waals surface area contributed by atoms with Crippen molar-refractivity contribution in [3.63, 3.8) is 0 Å². The first-order chi connectivity index (χ1) is 10.8. The Balaban J connectivity index is 2.25. The standard InChI is InChI=1S/C17H20FNO3S/c1-13-7-6-8-14(11-13)23(20,21)19-12-17(2,22-3)15-9-4-5-10-16(15)18/h4-11,19H,12H2,1-3H3. The fourth-order valence-corrected chi connectivity index (χ4v) is 3.50. The lowest BCUT2D eigenvalue weighted by Crippen LogP contribution is -2.40. The highest BCUT2D eigenvalue weighted by Gasteiger charge is 2.31. The van der Waals surface area contributed by atoms with E-state index in [-0.39, 0.29) is 11.4 Å². The van der Waals surface area contributed by atoms with Gasteiger partial charge in [-0.2, -0.15) is 0 Å². The number of nitrogens with one attached hydrogen (secondary N) is 1. The molecule has 0 radical (unpaired) electrons. The SMILES string of the molecule is COC(C)(CNS(=O)(=O)c1cccc(C)c1)c1ccccc1F. The molecule has 0 aromatic heterocycles. The normalized spacial score (nSPS) is 14.4. The summed E-state index contributed by atoms with van der Waals surface area (Å²) in [6.07, 6.45) is 0. The van der Waals surface area contributed by atoms with Crippen molar-refractivity contribution in [2.24, 2.45) is 0 Å². The molecule has 0 aliphatic carbocycles. The zero-order chi connectivity index (χ0) is 17.1. The van der Waals surface area contributed by atoms with Crippen molar-refractivity contribution in [1.82, 2.24) is 4.72 Å². The Hall–Kier alpha value is -1.76. The van der Waals surface area contributed by atoms with Gasteiger partial charge < -0.3 is 4.74 Å². The van der Waals surface area contributed by atoms with Crippen LogP contribution in [0.1, 0.15) is 18.1 Å². The molecular formula is C17H20FNO3S. The van der Waals surface area contributed by atoms with E-state index in [0.717, 1.165) is 5.56 Å². The van der Waals surface area contributed by atoms with E-state index in [4.69, 9.17) is 4.74 Å². The van der Waals surface area contributed by atoms with Gasteiger partial charge in [-0.3, -0.25) is 0 Å². The molecule has 2 aromatic carbocycles. The number of sulfonamides is 1. The molecule has 1 N–H and O–H groups in total. The van der Waals surface area contributed by atoms with Gasteiger partial charge in [0.1, 0.15) is 11.4 Å². The average molecular weight is 337 g/mol. The molecule has 0 fully saturated rings. The average Bonchev–Trinajstić information content (AvgIpc) is 2.53. The number of benzene rings is 2. The Morgan fingerprint density at radius 3 is 2.48 bits per heavy atom. The summed E-state index contributed by atoms with van der Waals surface area (Å²) in [5, 5.41) is 0. The maximum absolute atomic E-state index is 14.0. The molecule has 2 aromatic rings. The molecular weight excluding hydrogens is 317 g/mol. The Kier molecular flexibility index (Phi) is 5.19. The van der Waals surface area contributed by atoms with Gasteiger partial charge in [0.05, 0.1) is 4.90 Å². The van der Waals surface area contributed by atoms with Crippen molar-refractivity contribution in [2.45, 2.75) is 24.3 Å². The molecule has 124 valence electrons. The predicted octanol–water partition coefficient (Wildman–Crippen LogP) is 2.97. The van der Waals surface area contributed by atoms with Gasteiger partial charge in [0, 0.05) is 19.2 Å². The number of ether oxygens (including phenoxy) is 1. The first kappa shape index (κ1) is 17.6. The fraction of sp³-hybridized carbons (Fsp3) is 0.294. The number of hydrogen-bond donors (Lipinski definition) is 1. The number of rotatable bonds is 6. The van der Waals surface area contributed by atoms with E-state index in [9.17, 15) is 12.8 Å². The molecule has 1 atom stereocenters. The van der Waals surface area contributed by atoms with Crippen molar-refractivity contribution in [3.05, 3.63) is 65.5 Å². The summed E-state index contributed by atoms with van der Waals surface area (Å²) in [4.78, 5) is 0.171. The van der Waals surface area contributed by atoms with Crippen molar-refractivity contribution in [3.8, 4) is 0 Å². The van der Waals surface area contributed by atoms with Gasteiger partial charge in [0.15, 0.2) is 0 Å². The second-order valence-corrected chi connectivity index (χ2v) is 7.32.